The molecule has 0 aliphatic heterocycles. The molecule has 0 spiro atoms. The summed E-state index contributed by atoms with van der Waals surface area (Å²) < 4.78 is 7.17. The molecule has 116 valence electrons. The third kappa shape index (κ3) is 2.85. The fraction of sp³-hybridized carbons (Fsp3) is 0.357. The fourth-order valence-electron chi connectivity index (χ4n) is 2.22. The molecule has 1 aliphatic rings. The van der Waals surface area contributed by atoms with Gasteiger partial charge in [-0.2, -0.15) is 0 Å². The molecule has 3 rings (SSSR count). The van der Waals surface area contributed by atoms with Crippen LogP contribution < -0.4 is 15.8 Å². The summed E-state index contributed by atoms with van der Waals surface area (Å²) in [4.78, 5) is 12.3. The number of methoxy groups -OCH3 is 1. The molecule has 0 unspecified atom stereocenters. The molecule has 1 amide bonds. The van der Waals surface area contributed by atoms with Crippen LogP contribution >= 0.6 is 11.6 Å². The van der Waals surface area contributed by atoms with E-state index in [4.69, 9.17) is 22.1 Å². The highest BCUT2D eigenvalue weighted by Gasteiger charge is 2.26. The van der Waals surface area contributed by atoms with E-state index in [0.29, 0.717) is 34.6 Å². The first kappa shape index (κ1) is 14.6. The Balaban J connectivity index is 1.74. The summed E-state index contributed by atoms with van der Waals surface area (Å²) in [6.45, 7) is 0.292. The SMILES string of the molecule is COc1cc(N)c(Cl)cc1C(=O)NCc1nncn1C1CC1. The second-order valence-electron chi connectivity index (χ2n) is 5.14. The smallest absolute Gasteiger partial charge is 0.255 e. The molecule has 1 fully saturated rings. The molecule has 0 saturated heterocycles. The zero-order valence-electron chi connectivity index (χ0n) is 12.0. The van der Waals surface area contributed by atoms with Crippen molar-refractivity contribution in [1.29, 1.82) is 0 Å². The maximum Gasteiger partial charge on any atom is 0.255 e. The number of nitrogens with one attached hydrogen (secondary N) is 1. The van der Waals surface area contributed by atoms with E-state index in [1.807, 2.05) is 4.57 Å². The van der Waals surface area contributed by atoms with Crippen LogP contribution in [0.4, 0.5) is 5.69 Å². The van der Waals surface area contributed by atoms with Gasteiger partial charge in [0.1, 0.15) is 12.1 Å². The Hall–Kier alpha value is -2.28. The average Bonchev–Trinajstić information content (AvgIpc) is 3.25. The molecular formula is C14H16ClN5O2. The van der Waals surface area contributed by atoms with E-state index in [-0.39, 0.29) is 5.91 Å². The predicted molar refractivity (Wildman–Crippen MR) is 81.9 cm³/mol. The number of nitrogen functional groups attached to an aromatic ring is 1. The van der Waals surface area contributed by atoms with Gasteiger partial charge in [0.25, 0.3) is 5.91 Å². The lowest BCUT2D eigenvalue weighted by molar-refractivity contribution is 0.0946. The van der Waals surface area contributed by atoms with Crippen LogP contribution in [0.2, 0.25) is 5.02 Å². The number of amides is 1. The van der Waals surface area contributed by atoms with Crippen molar-refractivity contribution in [2.24, 2.45) is 0 Å². The van der Waals surface area contributed by atoms with Gasteiger partial charge in [-0.15, -0.1) is 10.2 Å². The average molecular weight is 322 g/mol. The van der Waals surface area contributed by atoms with Crippen LogP contribution in [-0.2, 0) is 6.54 Å². The zero-order valence-corrected chi connectivity index (χ0v) is 12.8. The first-order chi connectivity index (χ1) is 10.6. The molecule has 8 heteroatoms. The minimum Gasteiger partial charge on any atom is -0.496 e. The molecule has 1 aromatic heterocycles. The fourth-order valence-corrected chi connectivity index (χ4v) is 2.38. The first-order valence-corrected chi connectivity index (χ1v) is 7.27. The summed E-state index contributed by atoms with van der Waals surface area (Å²) in [7, 11) is 1.48. The third-order valence-electron chi connectivity index (χ3n) is 3.56. The topological polar surface area (TPSA) is 95.1 Å². The van der Waals surface area contributed by atoms with Gasteiger partial charge in [0.05, 0.1) is 29.9 Å². The molecule has 1 saturated carbocycles. The van der Waals surface area contributed by atoms with Crippen molar-refractivity contribution < 1.29 is 9.53 Å². The second-order valence-corrected chi connectivity index (χ2v) is 5.55. The Morgan fingerprint density at radius 2 is 2.32 bits per heavy atom. The van der Waals surface area contributed by atoms with Crippen LogP contribution in [0.3, 0.4) is 0 Å². The monoisotopic (exact) mass is 321 g/mol. The summed E-state index contributed by atoms with van der Waals surface area (Å²) >= 11 is 5.97. The Bertz CT molecular complexity index is 711. The molecular weight excluding hydrogens is 306 g/mol. The number of anilines is 1. The zero-order chi connectivity index (χ0) is 15.7. The molecule has 1 aliphatic carbocycles. The van der Waals surface area contributed by atoms with Gasteiger partial charge in [0.15, 0.2) is 5.82 Å². The maximum absolute atomic E-state index is 12.3. The lowest BCUT2D eigenvalue weighted by atomic mass is 10.1. The maximum atomic E-state index is 12.3. The van der Waals surface area contributed by atoms with Gasteiger partial charge < -0.3 is 20.4 Å². The van der Waals surface area contributed by atoms with Crippen LogP contribution in [0.1, 0.15) is 35.1 Å². The number of hydrogen-bond donors (Lipinski definition) is 2. The number of nitrogens with zero attached hydrogens (tertiary/aromatic N) is 3. The summed E-state index contributed by atoms with van der Waals surface area (Å²) in [5.74, 6) is 0.809. The summed E-state index contributed by atoms with van der Waals surface area (Å²) in [6.07, 6.45) is 3.95. The normalized spacial score (nSPS) is 13.9. The van der Waals surface area contributed by atoms with Gasteiger partial charge >= 0.3 is 0 Å². The highest BCUT2D eigenvalue weighted by atomic mass is 35.5. The van der Waals surface area contributed by atoms with E-state index in [1.165, 1.54) is 19.2 Å². The Kier molecular flexibility index (Phi) is 3.89. The third-order valence-corrected chi connectivity index (χ3v) is 3.89. The molecule has 0 bridgehead atoms. The van der Waals surface area contributed by atoms with Crippen molar-refractivity contribution in [3.8, 4) is 5.75 Å². The van der Waals surface area contributed by atoms with Gasteiger partial charge in [-0.3, -0.25) is 4.79 Å². The van der Waals surface area contributed by atoms with Crippen molar-refractivity contribution in [2.75, 3.05) is 12.8 Å². The number of aromatic nitrogens is 3. The largest absolute Gasteiger partial charge is 0.496 e. The Morgan fingerprint density at radius 1 is 1.55 bits per heavy atom. The Labute approximate surface area is 132 Å². The van der Waals surface area contributed by atoms with Crippen molar-refractivity contribution in [2.45, 2.75) is 25.4 Å². The quantitative estimate of drug-likeness (QED) is 0.819. The highest BCUT2D eigenvalue weighted by Crippen LogP contribution is 2.35. The van der Waals surface area contributed by atoms with E-state index in [1.54, 1.807) is 6.33 Å². The van der Waals surface area contributed by atoms with Gasteiger partial charge in [0, 0.05) is 12.1 Å². The van der Waals surface area contributed by atoms with Crippen LogP contribution in [0.25, 0.3) is 0 Å². The lowest BCUT2D eigenvalue weighted by Crippen LogP contribution is -2.25. The predicted octanol–water partition coefficient (Wildman–Crippen LogP) is 1.79. The van der Waals surface area contributed by atoms with Crippen molar-refractivity contribution in [1.82, 2.24) is 20.1 Å². The van der Waals surface area contributed by atoms with Gasteiger partial charge in [0.2, 0.25) is 0 Å². The minimum atomic E-state index is -0.302. The Morgan fingerprint density at radius 3 is 3.00 bits per heavy atom. The number of hydrogen-bond acceptors (Lipinski definition) is 5. The van der Waals surface area contributed by atoms with Crippen LogP contribution in [0.15, 0.2) is 18.5 Å². The van der Waals surface area contributed by atoms with Crippen LogP contribution in [0.5, 0.6) is 5.75 Å². The van der Waals surface area contributed by atoms with Gasteiger partial charge in [-0.1, -0.05) is 11.6 Å². The van der Waals surface area contributed by atoms with Gasteiger partial charge in [-0.05, 0) is 18.9 Å². The van der Waals surface area contributed by atoms with Crippen molar-refractivity contribution in [3.05, 3.63) is 34.9 Å². The summed E-state index contributed by atoms with van der Waals surface area (Å²) in [5, 5.41) is 11.0. The van der Waals surface area contributed by atoms with E-state index in [0.717, 1.165) is 18.7 Å². The molecule has 1 heterocycles. The number of halogens is 1. The molecule has 7 nitrogen and oxygen atoms in total. The number of nitrogens with two attached hydrogens (primary N) is 1. The van der Waals surface area contributed by atoms with Crippen molar-refractivity contribution >= 4 is 23.2 Å². The molecule has 0 radical (unpaired) electrons. The minimum absolute atomic E-state index is 0.292. The molecule has 1 aromatic carbocycles. The summed E-state index contributed by atoms with van der Waals surface area (Å²) in [6, 6.07) is 3.49. The molecule has 3 N–H and O–H groups in total. The molecule has 2 aromatic rings. The molecule has 0 atom stereocenters. The number of carbonyl (C=O) groups excluding carboxylic acids is 1. The number of rotatable bonds is 5. The highest BCUT2D eigenvalue weighted by molar-refractivity contribution is 6.33. The van der Waals surface area contributed by atoms with E-state index in [9.17, 15) is 4.79 Å². The van der Waals surface area contributed by atoms with Crippen LogP contribution in [0, 0.1) is 0 Å². The number of carbonyl (C=O) groups is 1. The lowest BCUT2D eigenvalue weighted by Gasteiger charge is -2.11. The number of ether oxygens (including phenoxy) is 1. The van der Waals surface area contributed by atoms with E-state index < -0.39 is 0 Å². The van der Waals surface area contributed by atoms with E-state index in [2.05, 4.69) is 15.5 Å². The summed E-state index contributed by atoms with van der Waals surface area (Å²) in [5.41, 5.74) is 6.41. The van der Waals surface area contributed by atoms with E-state index >= 15 is 0 Å². The second kappa shape index (κ2) is 5.84. The standard InChI is InChI=1S/C14H16ClN5O2/c1-22-12-5-11(16)10(15)4-9(12)14(21)17-6-13-19-18-7-20(13)8-2-3-8/h4-5,7-8H,2-3,6,16H2,1H3,(H,17,21). The molecule has 22 heavy (non-hydrogen) atoms. The first-order valence-electron chi connectivity index (χ1n) is 6.89. The van der Waals surface area contributed by atoms with Crippen LogP contribution in [-0.4, -0.2) is 27.8 Å². The number of benzene rings is 1. The van der Waals surface area contributed by atoms with Gasteiger partial charge in [-0.25, -0.2) is 0 Å². The van der Waals surface area contributed by atoms with Crippen molar-refractivity contribution in [3.63, 3.8) is 0 Å².